The van der Waals surface area contributed by atoms with Crippen LogP contribution in [0.2, 0.25) is 0 Å². The summed E-state index contributed by atoms with van der Waals surface area (Å²) in [7, 11) is 0. The van der Waals surface area contributed by atoms with Crippen molar-refractivity contribution in [3.8, 4) is 0 Å². The van der Waals surface area contributed by atoms with Crippen molar-refractivity contribution in [2.45, 2.75) is 13.3 Å². The highest BCUT2D eigenvalue weighted by atomic mass is 79.9. The molecule has 0 radical (unpaired) electrons. The van der Waals surface area contributed by atoms with E-state index in [-0.39, 0.29) is 5.91 Å². The Kier molecular flexibility index (Phi) is 3.43. The van der Waals surface area contributed by atoms with Gasteiger partial charge in [-0.3, -0.25) is 4.79 Å². The van der Waals surface area contributed by atoms with Gasteiger partial charge < -0.3 is 9.64 Å². The summed E-state index contributed by atoms with van der Waals surface area (Å²) in [4.78, 5) is 14.5. The molecule has 1 saturated heterocycles. The van der Waals surface area contributed by atoms with Crippen molar-refractivity contribution in [2.24, 2.45) is 0 Å². The van der Waals surface area contributed by atoms with Gasteiger partial charge in [0.2, 0.25) is 0 Å². The van der Waals surface area contributed by atoms with Gasteiger partial charge in [0.05, 0.1) is 15.3 Å². The van der Waals surface area contributed by atoms with Gasteiger partial charge in [-0.05, 0) is 40.9 Å². The zero-order valence-electron chi connectivity index (χ0n) is 8.46. The Morgan fingerprint density at radius 2 is 2.47 bits per heavy atom. The van der Waals surface area contributed by atoms with Crippen LogP contribution in [-0.2, 0) is 4.74 Å². The number of amides is 1. The molecule has 3 nitrogen and oxygen atoms in total. The first kappa shape index (κ1) is 11.1. The number of thiophene rings is 1. The Balaban J connectivity index is 2.12. The molecule has 0 aromatic carbocycles. The van der Waals surface area contributed by atoms with E-state index in [1.54, 1.807) is 4.90 Å². The average molecular weight is 290 g/mol. The number of nitrogens with zero attached hydrogens (tertiary/aromatic N) is 1. The monoisotopic (exact) mass is 289 g/mol. The lowest BCUT2D eigenvalue weighted by Gasteiger charge is -2.26. The molecule has 1 aromatic heterocycles. The Hall–Kier alpha value is -0.390. The summed E-state index contributed by atoms with van der Waals surface area (Å²) in [5.41, 5.74) is 1.11. The molecule has 15 heavy (non-hydrogen) atoms. The van der Waals surface area contributed by atoms with E-state index in [1.807, 2.05) is 13.0 Å². The summed E-state index contributed by atoms with van der Waals surface area (Å²) in [6.07, 6.45) is 0.928. The Morgan fingerprint density at radius 3 is 3.00 bits per heavy atom. The first-order valence-corrected chi connectivity index (χ1v) is 6.42. The second kappa shape index (κ2) is 4.63. The van der Waals surface area contributed by atoms with Crippen molar-refractivity contribution in [1.29, 1.82) is 0 Å². The predicted octanol–water partition coefficient (Wildman–Crippen LogP) is 2.64. The molecular formula is C10H12BrNO2S. The highest BCUT2D eigenvalue weighted by Crippen LogP contribution is 2.28. The average Bonchev–Trinajstić information content (AvgIpc) is 2.59. The number of halogens is 1. The normalized spacial score (nSPS) is 16.8. The van der Waals surface area contributed by atoms with E-state index in [1.165, 1.54) is 11.3 Å². The smallest absolute Gasteiger partial charge is 0.265 e. The number of rotatable bonds is 1. The van der Waals surface area contributed by atoms with E-state index >= 15 is 0 Å². The number of carbonyl (C=O) groups is 1. The maximum atomic E-state index is 12.0. The molecule has 0 atom stereocenters. The second-order valence-corrected chi connectivity index (χ2v) is 5.90. The molecule has 1 fully saturated rings. The maximum Gasteiger partial charge on any atom is 0.265 e. The minimum absolute atomic E-state index is 0.0773. The number of aryl methyl sites for hydroxylation is 1. The fourth-order valence-electron chi connectivity index (χ4n) is 1.48. The standard InChI is InChI=1S/C10H12BrNO2S/c1-7-5-8(15-9(7)11)10(13)12-3-2-4-14-6-12/h5H,2-4,6H2,1H3. The van der Waals surface area contributed by atoms with Crippen LogP contribution in [0.25, 0.3) is 0 Å². The van der Waals surface area contributed by atoms with E-state index in [2.05, 4.69) is 15.9 Å². The van der Waals surface area contributed by atoms with E-state index < -0.39 is 0 Å². The molecule has 2 heterocycles. The summed E-state index contributed by atoms with van der Waals surface area (Å²) < 4.78 is 6.29. The van der Waals surface area contributed by atoms with Crippen molar-refractivity contribution < 1.29 is 9.53 Å². The number of hydrogen-bond acceptors (Lipinski definition) is 3. The molecule has 0 bridgehead atoms. The largest absolute Gasteiger partial charge is 0.361 e. The molecule has 0 aliphatic carbocycles. The SMILES string of the molecule is Cc1cc(C(=O)N2CCCOC2)sc1Br. The van der Waals surface area contributed by atoms with Gasteiger partial charge in [-0.2, -0.15) is 0 Å². The highest BCUT2D eigenvalue weighted by Gasteiger charge is 2.20. The van der Waals surface area contributed by atoms with Gasteiger partial charge >= 0.3 is 0 Å². The van der Waals surface area contributed by atoms with Crippen molar-refractivity contribution in [3.63, 3.8) is 0 Å². The van der Waals surface area contributed by atoms with E-state index in [0.717, 1.165) is 33.8 Å². The van der Waals surface area contributed by atoms with Crippen molar-refractivity contribution >= 4 is 33.2 Å². The van der Waals surface area contributed by atoms with Gasteiger partial charge in [0.15, 0.2) is 0 Å². The molecule has 1 aromatic rings. The fourth-order valence-corrected chi connectivity index (χ4v) is 2.98. The molecule has 1 amide bonds. The Bertz CT molecular complexity index is 352. The summed E-state index contributed by atoms with van der Waals surface area (Å²) in [5, 5.41) is 0. The predicted molar refractivity (Wildman–Crippen MR) is 63.2 cm³/mol. The molecule has 0 N–H and O–H groups in total. The first-order valence-electron chi connectivity index (χ1n) is 4.81. The number of hydrogen-bond donors (Lipinski definition) is 0. The van der Waals surface area contributed by atoms with Gasteiger partial charge in [0.25, 0.3) is 5.91 Å². The van der Waals surface area contributed by atoms with Crippen LogP contribution in [0.1, 0.15) is 21.7 Å². The van der Waals surface area contributed by atoms with Crippen molar-refractivity contribution in [3.05, 3.63) is 20.3 Å². The molecule has 0 unspecified atom stereocenters. The minimum Gasteiger partial charge on any atom is -0.361 e. The third-order valence-corrected chi connectivity index (χ3v) is 4.44. The third kappa shape index (κ3) is 2.41. The zero-order chi connectivity index (χ0) is 10.8. The summed E-state index contributed by atoms with van der Waals surface area (Å²) in [5.74, 6) is 0.0773. The Morgan fingerprint density at radius 1 is 1.67 bits per heavy atom. The number of ether oxygens (including phenoxy) is 1. The number of carbonyl (C=O) groups excluding carboxylic acids is 1. The van der Waals surface area contributed by atoms with Gasteiger partial charge in [0, 0.05) is 6.54 Å². The van der Waals surface area contributed by atoms with Crippen molar-refractivity contribution in [1.82, 2.24) is 4.90 Å². The highest BCUT2D eigenvalue weighted by molar-refractivity contribution is 9.11. The lowest BCUT2D eigenvalue weighted by atomic mass is 10.3. The van der Waals surface area contributed by atoms with Crippen LogP contribution in [0.4, 0.5) is 0 Å². The van der Waals surface area contributed by atoms with Crippen LogP contribution >= 0.6 is 27.3 Å². The van der Waals surface area contributed by atoms with Crippen molar-refractivity contribution in [2.75, 3.05) is 19.9 Å². The quantitative estimate of drug-likeness (QED) is 0.795. The molecule has 1 aliphatic heterocycles. The van der Waals surface area contributed by atoms with Gasteiger partial charge in [-0.15, -0.1) is 11.3 Å². The van der Waals surface area contributed by atoms with E-state index in [0.29, 0.717) is 6.73 Å². The van der Waals surface area contributed by atoms with Crippen LogP contribution in [0.3, 0.4) is 0 Å². The molecule has 5 heteroatoms. The minimum atomic E-state index is 0.0773. The molecule has 1 aliphatic rings. The van der Waals surface area contributed by atoms with Crippen LogP contribution < -0.4 is 0 Å². The fraction of sp³-hybridized carbons (Fsp3) is 0.500. The van der Waals surface area contributed by atoms with Crippen LogP contribution in [0.5, 0.6) is 0 Å². The topological polar surface area (TPSA) is 29.5 Å². The summed E-state index contributed by atoms with van der Waals surface area (Å²) >= 11 is 4.91. The third-order valence-electron chi connectivity index (χ3n) is 2.32. The Labute approximate surface area is 101 Å². The molecule has 82 valence electrons. The van der Waals surface area contributed by atoms with Crippen LogP contribution in [0, 0.1) is 6.92 Å². The van der Waals surface area contributed by atoms with E-state index in [9.17, 15) is 4.79 Å². The van der Waals surface area contributed by atoms with Crippen LogP contribution in [0.15, 0.2) is 9.85 Å². The lowest BCUT2D eigenvalue weighted by molar-refractivity contribution is -0.00543. The van der Waals surface area contributed by atoms with Gasteiger partial charge in [-0.25, -0.2) is 0 Å². The lowest BCUT2D eigenvalue weighted by Crippen LogP contribution is -2.37. The maximum absolute atomic E-state index is 12.0. The second-order valence-electron chi connectivity index (χ2n) is 3.53. The molecule has 0 spiro atoms. The first-order chi connectivity index (χ1) is 7.18. The molecular weight excluding hydrogens is 278 g/mol. The summed E-state index contributed by atoms with van der Waals surface area (Å²) in [6.45, 7) is 3.97. The van der Waals surface area contributed by atoms with Crippen LogP contribution in [-0.4, -0.2) is 30.7 Å². The molecule has 0 saturated carbocycles. The summed E-state index contributed by atoms with van der Waals surface area (Å²) in [6, 6.07) is 1.92. The van der Waals surface area contributed by atoms with Gasteiger partial charge in [0.1, 0.15) is 6.73 Å². The zero-order valence-corrected chi connectivity index (χ0v) is 10.9. The van der Waals surface area contributed by atoms with E-state index in [4.69, 9.17) is 4.74 Å². The van der Waals surface area contributed by atoms with Gasteiger partial charge in [-0.1, -0.05) is 0 Å². The molecule has 2 rings (SSSR count).